The Morgan fingerprint density at radius 1 is 1.53 bits per heavy atom. The molecule has 0 radical (unpaired) electrons. The summed E-state index contributed by atoms with van der Waals surface area (Å²) < 4.78 is 5.80. The van der Waals surface area contributed by atoms with Crippen molar-refractivity contribution in [3.8, 4) is 11.8 Å². The van der Waals surface area contributed by atoms with Crippen LogP contribution in [0.15, 0.2) is 18.2 Å². The Bertz CT molecular complexity index is 436. The lowest BCUT2D eigenvalue weighted by Crippen LogP contribution is -2.38. The van der Waals surface area contributed by atoms with Crippen molar-refractivity contribution in [1.82, 2.24) is 5.32 Å². The van der Waals surface area contributed by atoms with Crippen molar-refractivity contribution in [2.45, 2.75) is 18.9 Å². The largest absolute Gasteiger partial charge is 0.489 e. The zero-order chi connectivity index (χ0) is 12.3. The molecule has 1 saturated carbocycles. The molecule has 1 fully saturated rings. The van der Waals surface area contributed by atoms with Crippen LogP contribution in [0.5, 0.6) is 5.75 Å². The number of nitrogens with one attached hydrogen (secondary N) is 1. The Balaban J connectivity index is 1.97. The molecule has 0 aliphatic heterocycles. The smallest absolute Gasteiger partial charge is 0.139 e. The lowest BCUT2D eigenvalue weighted by atomic mass is 9.82. The van der Waals surface area contributed by atoms with Crippen LogP contribution in [-0.4, -0.2) is 19.7 Å². The van der Waals surface area contributed by atoms with E-state index in [9.17, 15) is 0 Å². The minimum atomic E-state index is 0.221. The molecule has 1 aromatic carbocycles. The summed E-state index contributed by atoms with van der Waals surface area (Å²) in [6.07, 6.45) is 2.30. The van der Waals surface area contributed by atoms with Crippen molar-refractivity contribution in [3.63, 3.8) is 0 Å². The van der Waals surface area contributed by atoms with E-state index in [0.717, 1.165) is 19.4 Å². The summed E-state index contributed by atoms with van der Waals surface area (Å²) in [5.41, 5.74) is 0.436. The fraction of sp³-hybridized carbons (Fsp3) is 0.462. The number of nitriles is 1. The Kier molecular flexibility index (Phi) is 3.88. The molecular formula is C13H15ClN2O. The van der Waals surface area contributed by atoms with Crippen molar-refractivity contribution in [3.05, 3.63) is 28.8 Å². The SMILES string of the molecule is CNCC1CC(Oc2cccc(Cl)c2C#N)C1. The van der Waals surface area contributed by atoms with E-state index in [1.165, 1.54) is 0 Å². The number of hydrogen-bond donors (Lipinski definition) is 1. The van der Waals surface area contributed by atoms with Crippen molar-refractivity contribution >= 4 is 11.6 Å². The van der Waals surface area contributed by atoms with Crippen LogP contribution >= 0.6 is 11.6 Å². The van der Waals surface area contributed by atoms with Crippen molar-refractivity contribution in [2.75, 3.05) is 13.6 Å². The minimum absolute atomic E-state index is 0.221. The Hall–Kier alpha value is -1.24. The zero-order valence-corrected chi connectivity index (χ0v) is 10.5. The van der Waals surface area contributed by atoms with E-state index in [1.54, 1.807) is 12.1 Å². The standard InChI is InChI=1S/C13H15ClN2O/c1-16-8-9-5-10(6-9)17-13-4-2-3-12(14)11(13)7-15/h2-4,9-10,16H,5-6,8H2,1H3. The summed E-state index contributed by atoms with van der Waals surface area (Å²) in [4.78, 5) is 0. The lowest BCUT2D eigenvalue weighted by molar-refractivity contribution is 0.0655. The van der Waals surface area contributed by atoms with Crippen LogP contribution in [0, 0.1) is 17.2 Å². The van der Waals surface area contributed by atoms with Crippen molar-refractivity contribution in [1.29, 1.82) is 5.26 Å². The first-order valence-corrected chi connectivity index (χ1v) is 6.12. The number of ether oxygens (including phenoxy) is 1. The summed E-state index contributed by atoms with van der Waals surface area (Å²) in [5.74, 6) is 1.29. The number of halogens is 1. The van der Waals surface area contributed by atoms with Crippen LogP contribution in [0.1, 0.15) is 18.4 Å². The molecule has 0 saturated heterocycles. The van der Waals surface area contributed by atoms with Crippen molar-refractivity contribution < 1.29 is 4.74 Å². The topological polar surface area (TPSA) is 45.0 Å². The van der Waals surface area contributed by atoms with E-state index in [0.29, 0.717) is 22.3 Å². The van der Waals surface area contributed by atoms with Crippen LogP contribution < -0.4 is 10.1 Å². The first kappa shape index (κ1) is 12.2. The third-order valence-corrected chi connectivity index (χ3v) is 3.38. The zero-order valence-electron chi connectivity index (χ0n) is 9.74. The minimum Gasteiger partial charge on any atom is -0.489 e. The molecule has 0 bridgehead atoms. The number of hydrogen-bond acceptors (Lipinski definition) is 3. The van der Waals surface area contributed by atoms with Gasteiger partial charge >= 0.3 is 0 Å². The highest BCUT2D eigenvalue weighted by Crippen LogP contribution is 2.33. The quantitative estimate of drug-likeness (QED) is 0.893. The molecule has 0 amide bonds. The Labute approximate surface area is 106 Å². The molecule has 17 heavy (non-hydrogen) atoms. The predicted octanol–water partition coefficient (Wildman–Crippen LogP) is 2.59. The molecule has 0 aromatic heterocycles. The van der Waals surface area contributed by atoms with Crippen LogP contribution in [0.4, 0.5) is 0 Å². The van der Waals surface area contributed by atoms with Crippen LogP contribution in [0.25, 0.3) is 0 Å². The van der Waals surface area contributed by atoms with E-state index in [-0.39, 0.29) is 6.10 Å². The Morgan fingerprint density at radius 3 is 2.94 bits per heavy atom. The molecule has 2 rings (SSSR count). The van der Waals surface area contributed by atoms with E-state index < -0.39 is 0 Å². The summed E-state index contributed by atoms with van der Waals surface area (Å²) in [6, 6.07) is 7.40. The van der Waals surface area contributed by atoms with E-state index in [1.807, 2.05) is 13.1 Å². The second-order valence-corrected chi connectivity index (χ2v) is 4.77. The fourth-order valence-corrected chi connectivity index (χ4v) is 2.32. The first-order chi connectivity index (χ1) is 8.24. The maximum absolute atomic E-state index is 9.01. The van der Waals surface area contributed by atoms with Gasteiger partial charge in [0.1, 0.15) is 17.4 Å². The number of rotatable bonds is 4. The fourth-order valence-electron chi connectivity index (χ4n) is 2.12. The van der Waals surface area contributed by atoms with Gasteiger partial charge in [-0.2, -0.15) is 5.26 Å². The Morgan fingerprint density at radius 2 is 2.29 bits per heavy atom. The van der Waals surface area contributed by atoms with Gasteiger partial charge in [-0.15, -0.1) is 0 Å². The van der Waals surface area contributed by atoms with Gasteiger partial charge in [-0.05, 0) is 44.5 Å². The lowest BCUT2D eigenvalue weighted by Gasteiger charge is -2.35. The maximum atomic E-state index is 9.01. The normalized spacial score (nSPS) is 22.6. The van der Waals surface area contributed by atoms with Crippen LogP contribution in [0.2, 0.25) is 5.02 Å². The molecule has 90 valence electrons. The third kappa shape index (κ3) is 2.71. The second-order valence-electron chi connectivity index (χ2n) is 4.36. The van der Waals surface area contributed by atoms with Crippen molar-refractivity contribution in [2.24, 2.45) is 5.92 Å². The molecule has 1 aromatic rings. The van der Waals surface area contributed by atoms with Gasteiger partial charge in [0.2, 0.25) is 0 Å². The van der Waals surface area contributed by atoms with Gasteiger partial charge in [0, 0.05) is 0 Å². The van der Waals surface area contributed by atoms with Gasteiger partial charge in [0.25, 0.3) is 0 Å². The summed E-state index contributed by atoms with van der Waals surface area (Å²) in [6.45, 7) is 1.03. The van der Waals surface area contributed by atoms with Gasteiger partial charge in [-0.1, -0.05) is 17.7 Å². The predicted molar refractivity (Wildman–Crippen MR) is 67.2 cm³/mol. The first-order valence-electron chi connectivity index (χ1n) is 5.74. The average molecular weight is 251 g/mol. The van der Waals surface area contributed by atoms with Crippen LogP contribution in [0.3, 0.4) is 0 Å². The van der Waals surface area contributed by atoms with Gasteiger partial charge < -0.3 is 10.1 Å². The molecule has 1 aliphatic rings. The highest BCUT2D eigenvalue weighted by molar-refractivity contribution is 6.31. The molecule has 0 heterocycles. The molecule has 3 nitrogen and oxygen atoms in total. The van der Waals surface area contributed by atoms with Gasteiger partial charge in [0.05, 0.1) is 11.1 Å². The van der Waals surface area contributed by atoms with Gasteiger partial charge in [0.15, 0.2) is 0 Å². The monoisotopic (exact) mass is 250 g/mol. The summed E-state index contributed by atoms with van der Waals surface area (Å²) >= 11 is 5.94. The molecule has 0 unspecified atom stereocenters. The number of benzene rings is 1. The van der Waals surface area contributed by atoms with E-state index >= 15 is 0 Å². The molecular weight excluding hydrogens is 236 g/mol. The molecule has 1 N–H and O–H groups in total. The van der Waals surface area contributed by atoms with E-state index in [4.69, 9.17) is 21.6 Å². The number of nitrogens with zero attached hydrogens (tertiary/aromatic N) is 1. The molecule has 1 aliphatic carbocycles. The second kappa shape index (κ2) is 5.39. The average Bonchev–Trinajstić information content (AvgIpc) is 2.26. The van der Waals surface area contributed by atoms with Gasteiger partial charge in [-0.3, -0.25) is 0 Å². The highest BCUT2D eigenvalue weighted by atomic mass is 35.5. The molecule has 4 heteroatoms. The third-order valence-electron chi connectivity index (χ3n) is 3.07. The molecule has 0 spiro atoms. The van der Waals surface area contributed by atoms with E-state index in [2.05, 4.69) is 11.4 Å². The highest BCUT2D eigenvalue weighted by Gasteiger charge is 2.30. The summed E-state index contributed by atoms with van der Waals surface area (Å²) in [5, 5.41) is 12.6. The molecule has 0 atom stereocenters. The summed E-state index contributed by atoms with van der Waals surface area (Å²) in [7, 11) is 1.96. The van der Waals surface area contributed by atoms with Crippen LogP contribution in [-0.2, 0) is 0 Å². The van der Waals surface area contributed by atoms with Gasteiger partial charge in [-0.25, -0.2) is 0 Å². The maximum Gasteiger partial charge on any atom is 0.139 e.